The third kappa shape index (κ3) is 3.05. The van der Waals surface area contributed by atoms with E-state index in [0.29, 0.717) is 22.3 Å². The van der Waals surface area contributed by atoms with Gasteiger partial charge in [-0.1, -0.05) is 22.0 Å². The number of aromatic nitrogens is 1. The van der Waals surface area contributed by atoms with Gasteiger partial charge in [0, 0.05) is 22.3 Å². The van der Waals surface area contributed by atoms with Crippen LogP contribution in [-0.2, 0) is 6.42 Å². The van der Waals surface area contributed by atoms with Crippen molar-refractivity contribution < 1.29 is 4.39 Å². The quantitative estimate of drug-likeness (QED) is 0.916. The Morgan fingerprint density at radius 2 is 2.06 bits per heavy atom. The number of anilines is 1. The summed E-state index contributed by atoms with van der Waals surface area (Å²) in [4.78, 5) is 3.91. The Morgan fingerprint density at radius 3 is 2.72 bits per heavy atom. The van der Waals surface area contributed by atoms with Gasteiger partial charge in [-0.05, 0) is 36.2 Å². The number of nitrogens with zero attached hydrogens (tertiary/aromatic N) is 1. The number of pyridine rings is 1. The number of hydrogen-bond donors (Lipinski definition) is 2. The highest BCUT2D eigenvalue weighted by atomic mass is 79.9. The van der Waals surface area contributed by atoms with Crippen LogP contribution in [0.15, 0.2) is 41.0 Å². The van der Waals surface area contributed by atoms with Gasteiger partial charge in [-0.2, -0.15) is 0 Å². The van der Waals surface area contributed by atoms with Crippen LogP contribution in [0.2, 0.25) is 0 Å². The van der Waals surface area contributed by atoms with Gasteiger partial charge in [0.2, 0.25) is 0 Å². The number of benzene rings is 1. The predicted octanol–water partition coefficient (Wildman–Crippen LogP) is 2.81. The summed E-state index contributed by atoms with van der Waals surface area (Å²) in [6.07, 6.45) is 2.14. The van der Waals surface area contributed by atoms with Crippen molar-refractivity contribution in [2.45, 2.75) is 12.5 Å². The van der Waals surface area contributed by atoms with Crippen molar-refractivity contribution in [2.24, 2.45) is 5.73 Å². The van der Waals surface area contributed by atoms with Crippen LogP contribution in [0.25, 0.3) is 0 Å². The second-order valence-corrected chi connectivity index (χ2v) is 4.98. The molecule has 0 bridgehead atoms. The molecule has 0 amide bonds. The van der Waals surface area contributed by atoms with E-state index < -0.39 is 6.04 Å². The van der Waals surface area contributed by atoms with E-state index in [1.54, 1.807) is 24.4 Å². The predicted molar refractivity (Wildman–Crippen MR) is 73.4 cm³/mol. The molecule has 1 heterocycles. The van der Waals surface area contributed by atoms with Gasteiger partial charge < -0.3 is 11.5 Å². The molecule has 2 aromatic rings. The van der Waals surface area contributed by atoms with Gasteiger partial charge in [0.05, 0.1) is 0 Å². The minimum atomic E-state index is -0.403. The number of halogens is 2. The summed E-state index contributed by atoms with van der Waals surface area (Å²) < 4.78 is 14.4. The molecule has 94 valence electrons. The second-order valence-electron chi connectivity index (χ2n) is 4.07. The van der Waals surface area contributed by atoms with Crippen molar-refractivity contribution >= 4 is 21.7 Å². The van der Waals surface area contributed by atoms with Crippen LogP contribution in [0.3, 0.4) is 0 Å². The van der Waals surface area contributed by atoms with E-state index in [4.69, 9.17) is 11.5 Å². The lowest BCUT2D eigenvalue weighted by Gasteiger charge is -2.13. The average molecular weight is 310 g/mol. The summed E-state index contributed by atoms with van der Waals surface area (Å²) in [6.45, 7) is 0. The van der Waals surface area contributed by atoms with Crippen LogP contribution in [0, 0.1) is 5.82 Å². The van der Waals surface area contributed by atoms with Crippen molar-refractivity contribution in [2.75, 3.05) is 5.73 Å². The van der Waals surface area contributed by atoms with Gasteiger partial charge in [-0.25, -0.2) is 9.37 Å². The van der Waals surface area contributed by atoms with Crippen molar-refractivity contribution in [3.8, 4) is 0 Å². The Hall–Kier alpha value is -1.46. The molecule has 1 aromatic carbocycles. The molecule has 0 radical (unpaired) electrons. The van der Waals surface area contributed by atoms with Crippen LogP contribution in [0.4, 0.5) is 10.2 Å². The van der Waals surface area contributed by atoms with E-state index in [9.17, 15) is 4.39 Å². The molecule has 0 saturated heterocycles. The SMILES string of the molecule is Nc1cc(CC(N)c2ccc(Br)cc2F)ccn1. The van der Waals surface area contributed by atoms with Gasteiger partial charge in [-0.15, -0.1) is 0 Å². The van der Waals surface area contributed by atoms with E-state index in [-0.39, 0.29) is 5.82 Å². The van der Waals surface area contributed by atoms with Gasteiger partial charge in [0.1, 0.15) is 11.6 Å². The van der Waals surface area contributed by atoms with Crippen molar-refractivity contribution in [3.63, 3.8) is 0 Å². The van der Waals surface area contributed by atoms with Crippen LogP contribution in [-0.4, -0.2) is 4.98 Å². The molecule has 0 aliphatic heterocycles. The minimum Gasteiger partial charge on any atom is -0.384 e. The summed E-state index contributed by atoms with van der Waals surface area (Å²) in [7, 11) is 0. The molecule has 1 unspecified atom stereocenters. The first kappa shape index (κ1) is 13.0. The van der Waals surface area contributed by atoms with Crippen molar-refractivity contribution in [1.82, 2.24) is 4.98 Å². The first-order valence-corrected chi connectivity index (χ1v) is 6.26. The molecule has 0 fully saturated rings. The molecule has 5 heteroatoms. The Balaban J connectivity index is 2.19. The number of rotatable bonds is 3. The molecule has 1 aromatic heterocycles. The smallest absolute Gasteiger partial charge is 0.129 e. The van der Waals surface area contributed by atoms with E-state index in [0.717, 1.165) is 5.56 Å². The maximum Gasteiger partial charge on any atom is 0.129 e. The van der Waals surface area contributed by atoms with Crippen molar-refractivity contribution in [1.29, 1.82) is 0 Å². The van der Waals surface area contributed by atoms with Gasteiger partial charge in [0.15, 0.2) is 0 Å². The molecule has 0 saturated carbocycles. The highest BCUT2D eigenvalue weighted by Gasteiger charge is 2.12. The Bertz CT molecular complexity index is 560. The lowest BCUT2D eigenvalue weighted by atomic mass is 10.00. The van der Waals surface area contributed by atoms with Gasteiger partial charge >= 0.3 is 0 Å². The lowest BCUT2D eigenvalue weighted by Crippen LogP contribution is -2.15. The van der Waals surface area contributed by atoms with Gasteiger partial charge in [0.25, 0.3) is 0 Å². The first-order chi connectivity index (χ1) is 8.56. The molecular formula is C13H13BrFN3. The molecule has 0 aliphatic rings. The van der Waals surface area contributed by atoms with Crippen LogP contribution in [0.1, 0.15) is 17.2 Å². The maximum absolute atomic E-state index is 13.7. The van der Waals surface area contributed by atoms with Crippen LogP contribution < -0.4 is 11.5 Å². The zero-order valence-electron chi connectivity index (χ0n) is 9.61. The largest absolute Gasteiger partial charge is 0.384 e. The molecule has 4 N–H and O–H groups in total. The van der Waals surface area contributed by atoms with Crippen molar-refractivity contribution in [3.05, 3.63) is 57.9 Å². The van der Waals surface area contributed by atoms with E-state index in [2.05, 4.69) is 20.9 Å². The maximum atomic E-state index is 13.7. The highest BCUT2D eigenvalue weighted by Crippen LogP contribution is 2.22. The zero-order chi connectivity index (χ0) is 13.1. The van der Waals surface area contributed by atoms with E-state index in [1.165, 1.54) is 6.07 Å². The summed E-state index contributed by atoms with van der Waals surface area (Å²) in [5, 5.41) is 0. The fourth-order valence-corrected chi connectivity index (χ4v) is 2.12. The zero-order valence-corrected chi connectivity index (χ0v) is 11.2. The number of nitrogen functional groups attached to an aromatic ring is 1. The Labute approximate surface area is 113 Å². The van der Waals surface area contributed by atoms with Gasteiger partial charge in [-0.3, -0.25) is 0 Å². The summed E-state index contributed by atoms with van der Waals surface area (Å²) >= 11 is 3.22. The molecule has 2 rings (SSSR count). The topological polar surface area (TPSA) is 64.9 Å². The monoisotopic (exact) mass is 309 g/mol. The van der Waals surface area contributed by atoms with E-state index in [1.807, 2.05) is 6.07 Å². The molecular weight excluding hydrogens is 297 g/mol. The Morgan fingerprint density at radius 1 is 1.28 bits per heavy atom. The normalized spacial score (nSPS) is 12.4. The highest BCUT2D eigenvalue weighted by molar-refractivity contribution is 9.10. The van der Waals surface area contributed by atoms with Crippen LogP contribution in [0.5, 0.6) is 0 Å². The van der Waals surface area contributed by atoms with Crippen LogP contribution >= 0.6 is 15.9 Å². The summed E-state index contributed by atoms with van der Waals surface area (Å²) in [5.74, 6) is 0.134. The fraction of sp³-hybridized carbons (Fsp3) is 0.154. The fourth-order valence-electron chi connectivity index (χ4n) is 1.79. The Kier molecular flexibility index (Phi) is 3.93. The van der Waals surface area contributed by atoms with E-state index >= 15 is 0 Å². The first-order valence-electron chi connectivity index (χ1n) is 5.47. The molecule has 3 nitrogen and oxygen atoms in total. The molecule has 18 heavy (non-hydrogen) atoms. The second kappa shape index (κ2) is 5.46. The number of nitrogens with two attached hydrogens (primary N) is 2. The third-order valence-electron chi connectivity index (χ3n) is 2.66. The third-order valence-corrected chi connectivity index (χ3v) is 3.16. The minimum absolute atomic E-state index is 0.307. The summed E-state index contributed by atoms with van der Waals surface area (Å²) in [5.41, 5.74) is 13.0. The number of hydrogen-bond acceptors (Lipinski definition) is 3. The standard InChI is InChI=1S/C13H13BrFN3/c14-9-1-2-10(11(15)7-9)12(16)5-8-3-4-18-13(17)6-8/h1-4,6-7,12H,5,16H2,(H2,17,18). The molecule has 1 atom stereocenters. The molecule has 0 spiro atoms. The molecule has 0 aliphatic carbocycles. The summed E-state index contributed by atoms with van der Waals surface area (Å²) in [6, 6.07) is 8.05. The average Bonchev–Trinajstić information content (AvgIpc) is 2.28. The lowest BCUT2D eigenvalue weighted by molar-refractivity contribution is 0.579.